The number of fused-ring (bicyclic) bond motifs is 5. The molecule has 1 aromatic carbocycles. The molecule has 5 rings (SSSR count). The quantitative estimate of drug-likeness (QED) is 0.734. The summed E-state index contributed by atoms with van der Waals surface area (Å²) in [6.45, 7) is 4.66. The molecule has 2 bridgehead atoms. The van der Waals surface area contributed by atoms with Gasteiger partial charge in [-0.2, -0.15) is 0 Å². The number of rotatable bonds is 1. The number of pyridine rings is 2. The van der Waals surface area contributed by atoms with Gasteiger partial charge < -0.3 is 9.88 Å². The van der Waals surface area contributed by atoms with Gasteiger partial charge in [0.15, 0.2) is 0 Å². The Morgan fingerprint density at radius 3 is 2.96 bits per heavy atom. The predicted molar refractivity (Wildman–Crippen MR) is 99.9 cm³/mol. The van der Waals surface area contributed by atoms with E-state index >= 15 is 0 Å². The summed E-state index contributed by atoms with van der Waals surface area (Å²) < 4.78 is 15.5. The molecule has 26 heavy (non-hydrogen) atoms. The van der Waals surface area contributed by atoms with Crippen molar-refractivity contribution in [2.24, 2.45) is 5.92 Å². The SMILES string of the molecule is Cc1cc(-c2cc3n(c(=O)c2)C[C@@H]2CNC[C@H]3C2)nc2ccc(F)cc12. The molecule has 0 saturated carbocycles. The molecule has 0 aliphatic carbocycles. The van der Waals surface area contributed by atoms with Crippen LogP contribution in [0.25, 0.3) is 22.2 Å². The Bertz CT molecular complexity index is 1090. The number of piperidine rings is 1. The molecular weight excluding hydrogens is 329 g/mol. The van der Waals surface area contributed by atoms with Gasteiger partial charge in [-0.3, -0.25) is 4.79 Å². The van der Waals surface area contributed by atoms with Gasteiger partial charge in [-0.05, 0) is 61.7 Å². The fourth-order valence-corrected chi connectivity index (χ4v) is 4.47. The maximum atomic E-state index is 13.5. The lowest BCUT2D eigenvalue weighted by atomic mass is 9.83. The van der Waals surface area contributed by atoms with Crippen LogP contribution in [-0.2, 0) is 6.54 Å². The summed E-state index contributed by atoms with van der Waals surface area (Å²) in [5, 5.41) is 4.29. The number of aryl methyl sites for hydroxylation is 1. The van der Waals surface area contributed by atoms with Crippen molar-refractivity contribution in [2.75, 3.05) is 13.1 Å². The number of aromatic nitrogens is 2. The first-order valence-corrected chi connectivity index (χ1v) is 9.11. The van der Waals surface area contributed by atoms with Crippen molar-refractivity contribution in [1.29, 1.82) is 0 Å². The second kappa shape index (κ2) is 5.74. The maximum Gasteiger partial charge on any atom is 0.251 e. The Kier molecular flexibility index (Phi) is 3.47. The molecule has 132 valence electrons. The zero-order valence-corrected chi connectivity index (χ0v) is 14.6. The van der Waals surface area contributed by atoms with Crippen LogP contribution in [0.5, 0.6) is 0 Å². The monoisotopic (exact) mass is 349 g/mol. The van der Waals surface area contributed by atoms with E-state index in [1.54, 1.807) is 12.1 Å². The van der Waals surface area contributed by atoms with Gasteiger partial charge in [-0.15, -0.1) is 0 Å². The van der Waals surface area contributed by atoms with Crippen LogP contribution in [0.3, 0.4) is 0 Å². The molecule has 4 heterocycles. The summed E-state index contributed by atoms with van der Waals surface area (Å²) in [4.78, 5) is 17.4. The van der Waals surface area contributed by atoms with Gasteiger partial charge in [0.2, 0.25) is 0 Å². The van der Waals surface area contributed by atoms with Crippen LogP contribution in [0.15, 0.2) is 41.2 Å². The molecule has 2 aliphatic rings. The van der Waals surface area contributed by atoms with E-state index in [-0.39, 0.29) is 11.4 Å². The second-order valence-corrected chi connectivity index (χ2v) is 7.56. The lowest BCUT2D eigenvalue weighted by Crippen LogP contribution is -2.44. The molecule has 3 aromatic rings. The van der Waals surface area contributed by atoms with Crippen molar-refractivity contribution in [2.45, 2.75) is 25.8 Å². The van der Waals surface area contributed by atoms with Crippen molar-refractivity contribution in [1.82, 2.24) is 14.9 Å². The van der Waals surface area contributed by atoms with E-state index < -0.39 is 0 Å². The van der Waals surface area contributed by atoms with Crippen LogP contribution < -0.4 is 10.9 Å². The van der Waals surface area contributed by atoms with Gasteiger partial charge in [0, 0.05) is 41.7 Å². The second-order valence-electron chi connectivity index (χ2n) is 7.56. The molecule has 0 amide bonds. The van der Waals surface area contributed by atoms with Crippen LogP contribution in [0.4, 0.5) is 4.39 Å². The van der Waals surface area contributed by atoms with Gasteiger partial charge in [0.1, 0.15) is 5.82 Å². The van der Waals surface area contributed by atoms with Gasteiger partial charge in [0.25, 0.3) is 5.56 Å². The highest BCUT2D eigenvalue weighted by atomic mass is 19.1. The number of hydrogen-bond donors (Lipinski definition) is 1. The fraction of sp³-hybridized carbons (Fsp3) is 0.333. The third kappa shape index (κ3) is 2.46. The summed E-state index contributed by atoms with van der Waals surface area (Å²) in [7, 11) is 0. The Balaban J connectivity index is 1.67. The first-order chi connectivity index (χ1) is 12.6. The van der Waals surface area contributed by atoms with Crippen molar-refractivity contribution < 1.29 is 4.39 Å². The highest BCUT2D eigenvalue weighted by Gasteiger charge is 2.31. The van der Waals surface area contributed by atoms with Crippen LogP contribution >= 0.6 is 0 Å². The third-order valence-electron chi connectivity index (χ3n) is 5.73. The zero-order valence-electron chi connectivity index (χ0n) is 14.6. The zero-order chi connectivity index (χ0) is 17.8. The maximum absolute atomic E-state index is 13.5. The summed E-state index contributed by atoms with van der Waals surface area (Å²) in [5.74, 6) is 0.660. The minimum absolute atomic E-state index is 0.0488. The van der Waals surface area contributed by atoms with E-state index in [9.17, 15) is 9.18 Å². The number of halogens is 1. The van der Waals surface area contributed by atoms with E-state index in [1.165, 1.54) is 12.1 Å². The van der Waals surface area contributed by atoms with Gasteiger partial charge in [0.05, 0.1) is 11.2 Å². The Morgan fingerprint density at radius 2 is 2.08 bits per heavy atom. The van der Waals surface area contributed by atoms with Crippen molar-refractivity contribution >= 4 is 10.9 Å². The standard InChI is InChI=1S/C21H20FN3O/c1-12-4-19(24-18-3-2-16(22)8-17(12)18)14-6-20-15-5-13(9-23-10-15)11-25(20)21(26)7-14/h2-4,6-8,13,15,23H,5,9-11H2,1H3/t13-,15+/m0/s1. The minimum atomic E-state index is -0.262. The van der Waals surface area contributed by atoms with Crippen LogP contribution in [0.1, 0.15) is 23.6 Å². The number of hydrogen-bond acceptors (Lipinski definition) is 3. The summed E-state index contributed by atoms with van der Waals surface area (Å²) in [5.41, 5.74) is 4.48. The average Bonchev–Trinajstić information content (AvgIpc) is 2.63. The fourth-order valence-electron chi connectivity index (χ4n) is 4.47. The summed E-state index contributed by atoms with van der Waals surface area (Å²) in [6.07, 6.45) is 1.14. The highest BCUT2D eigenvalue weighted by Crippen LogP contribution is 2.34. The minimum Gasteiger partial charge on any atom is -0.316 e. The Morgan fingerprint density at radius 1 is 1.19 bits per heavy atom. The van der Waals surface area contributed by atoms with E-state index in [2.05, 4.69) is 16.4 Å². The molecule has 1 saturated heterocycles. The molecule has 2 atom stereocenters. The normalized spacial score (nSPS) is 21.6. The number of nitrogens with zero attached hydrogens (tertiary/aromatic N) is 2. The molecule has 2 aliphatic heterocycles. The first-order valence-electron chi connectivity index (χ1n) is 9.11. The summed E-state index contributed by atoms with van der Waals surface area (Å²) in [6, 6.07) is 10.4. The van der Waals surface area contributed by atoms with Crippen LogP contribution in [0.2, 0.25) is 0 Å². The van der Waals surface area contributed by atoms with Gasteiger partial charge >= 0.3 is 0 Å². The lowest BCUT2D eigenvalue weighted by Gasteiger charge is -2.37. The van der Waals surface area contributed by atoms with E-state index in [0.29, 0.717) is 11.8 Å². The van der Waals surface area contributed by atoms with E-state index in [0.717, 1.165) is 59.5 Å². The number of nitrogens with one attached hydrogen (secondary N) is 1. The predicted octanol–water partition coefficient (Wildman–Crippen LogP) is 3.22. The summed E-state index contributed by atoms with van der Waals surface area (Å²) >= 11 is 0. The largest absolute Gasteiger partial charge is 0.316 e. The lowest BCUT2D eigenvalue weighted by molar-refractivity contribution is 0.257. The number of benzene rings is 1. The molecule has 0 radical (unpaired) electrons. The topological polar surface area (TPSA) is 46.9 Å². The molecule has 1 N–H and O–H groups in total. The first kappa shape index (κ1) is 15.7. The van der Waals surface area contributed by atoms with Gasteiger partial charge in [-0.25, -0.2) is 9.37 Å². The molecule has 5 heteroatoms. The Hall–Kier alpha value is -2.53. The smallest absolute Gasteiger partial charge is 0.251 e. The Labute approximate surface area is 150 Å². The highest BCUT2D eigenvalue weighted by molar-refractivity contribution is 5.85. The van der Waals surface area contributed by atoms with Gasteiger partial charge in [-0.1, -0.05) is 0 Å². The van der Waals surface area contributed by atoms with E-state index in [1.807, 2.05) is 17.6 Å². The van der Waals surface area contributed by atoms with Crippen molar-refractivity contribution in [3.63, 3.8) is 0 Å². The molecule has 0 spiro atoms. The van der Waals surface area contributed by atoms with E-state index in [4.69, 9.17) is 0 Å². The molecular formula is C21H20FN3O. The van der Waals surface area contributed by atoms with Crippen molar-refractivity contribution in [3.8, 4) is 11.3 Å². The molecule has 0 unspecified atom stereocenters. The molecule has 4 nitrogen and oxygen atoms in total. The van der Waals surface area contributed by atoms with Crippen molar-refractivity contribution in [3.05, 3.63) is 63.8 Å². The average molecular weight is 349 g/mol. The van der Waals surface area contributed by atoms with Crippen LogP contribution in [-0.4, -0.2) is 22.6 Å². The third-order valence-corrected chi connectivity index (χ3v) is 5.73. The molecule has 1 fully saturated rings. The van der Waals surface area contributed by atoms with Crippen LogP contribution in [0, 0.1) is 18.7 Å². The molecule has 2 aromatic heterocycles.